The smallest absolute Gasteiger partial charge is 0.0408 e. The highest BCUT2D eigenvalue weighted by molar-refractivity contribution is 6.30. The summed E-state index contributed by atoms with van der Waals surface area (Å²) in [5.41, 5.74) is 4.95. The Kier molecular flexibility index (Phi) is 4.84. The Hall–Kier alpha value is -0.570. The molecule has 1 aromatic rings. The lowest BCUT2D eigenvalue weighted by atomic mass is 10.0. The zero-order chi connectivity index (χ0) is 12.1. The van der Waals surface area contributed by atoms with Crippen molar-refractivity contribution in [3.8, 4) is 0 Å². The molecule has 0 aromatic heterocycles. The molecule has 0 spiro atoms. The number of hydrogen-bond donors (Lipinski definition) is 1. The molecular weight excluding hydrogens is 232 g/mol. The van der Waals surface area contributed by atoms with Crippen LogP contribution in [0.3, 0.4) is 0 Å². The Labute approximate surface area is 109 Å². The maximum absolute atomic E-state index is 6.02. The number of rotatable bonds is 3. The first-order valence-electron chi connectivity index (χ1n) is 6.53. The van der Waals surface area contributed by atoms with Crippen molar-refractivity contribution < 1.29 is 0 Å². The SMILES string of the molecule is CCN1CCCCC(Cc2cccc(Cl)c2)N1. The van der Waals surface area contributed by atoms with Crippen LogP contribution in [0.2, 0.25) is 5.02 Å². The van der Waals surface area contributed by atoms with E-state index in [-0.39, 0.29) is 0 Å². The lowest BCUT2D eigenvalue weighted by Crippen LogP contribution is -2.44. The summed E-state index contributed by atoms with van der Waals surface area (Å²) < 4.78 is 0. The minimum absolute atomic E-state index is 0.552. The summed E-state index contributed by atoms with van der Waals surface area (Å²) in [4.78, 5) is 0. The molecule has 2 nitrogen and oxygen atoms in total. The van der Waals surface area contributed by atoms with Gasteiger partial charge in [-0.2, -0.15) is 0 Å². The van der Waals surface area contributed by atoms with Crippen LogP contribution in [0.5, 0.6) is 0 Å². The van der Waals surface area contributed by atoms with Gasteiger partial charge in [-0.05, 0) is 37.0 Å². The Morgan fingerprint density at radius 3 is 3.06 bits per heavy atom. The van der Waals surface area contributed by atoms with Crippen molar-refractivity contribution in [2.75, 3.05) is 13.1 Å². The van der Waals surface area contributed by atoms with Gasteiger partial charge < -0.3 is 0 Å². The average Bonchev–Trinajstić information content (AvgIpc) is 2.54. The van der Waals surface area contributed by atoms with Crippen molar-refractivity contribution >= 4 is 11.6 Å². The van der Waals surface area contributed by atoms with Crippen LogP contribution >= 0.6 is 11.6 Å². The van der Waals surface area contributed by atoms with Crippen LogP contribution in [0.15, 0.2) is 24.3 Å². The molecule has 1 heterocycles. The van der Waals surface area contributed by atoms with Crippen LogP contribution in [-0.4, -0.2) is 24.1 Å². The van der Waals surface area contributed by atoms with Gasteiger partial charge in [-0.1, -0.05) is 37.1 Å². The van der Waals surface area contributed by atoms with Crippen LogP contribution < -0.4 is 5.43 Å². The average molecular weight is 253 g/mol. The summed E-state index contributed by atoms with van der Waals surface area (Å²) in [7, 11) is 0. The molecule has 1 N–H and O–H groups in total. The van der Waals surface area contributed by atoms with Crippen LogP contribution in [0.1, 0.15) is 31.7 Å². The van der Waals surface area contributed by atoms with Gasteiger partial charge in [0.05, 0.1) is 0 Å². The highest BCUT2D eigenvalue weighted by Crippen LogP contribution is 2.16. The minimum atomic E-state index is 0.552. The first-order chi connectivity index (χ1) is 8.28. The summed E-state index contributed by atoms with van der Waals surface area (Å²) in [6.45, 7) is 4.45. The number of nitrogens with zero attached hydrogens (tertiary/aromatic N) is 1. The minimum Gasteiger partial charge on any atom is -0.252 e. The molecule has 2 rings (SSSR count). The molecule has 0 radical (unpaired) electrons. The molecule has 0 bridgehead atoms. The second kappa shape index (κ2) is 6.39. The normalized spacial score (nSPS) is 22.4. The molecule has 1 aliphatic rings. The maximum atomic E-state index is 6.02. The molecule has 1 saturated heterocycles. The van der Waals surface area contributed by atoms with Gasteiger partial charge in [0, 0.05) is 24.2 Å². The maximum Gasteiger partial charge on any atom is 0.0408 e. The highest BCUT2D eigenvalue weighted by atomic mass is 35.5. The Bertz CT molecular complexity index is 354. The Morgan fingerprint density at radius 1 is 1.41 bits per heavy atom. The molecule has 0 saturated carbocycles. The summed E-state index contributed by atoms with van der Waals surface area (Å²) in [6.07, 6.45) is 4.93. The summed E-state index contributed by atoms with van der Waals surface area (Å²) >= 11 is 6.02. The summed E-state index contributed by atoms with van der Waals surface area (Å²) in [5, 5.41) is 3.17. The van der Waals surface area contributed by atoms with Crippen molar-refractivity contribution in [1.82, 2.24) is 10.4 Å². The fourth-order valence-electron chi connectivity index (χ4n) is 2.43. The van der Waals surface area contributed by atoms with Crippen molar-refractivity contribution in [3.63, 3.8) is 0 Å². The standard InChI is InChI=1S/C14H21ClN2/c1-2-17-9-4-3-8-14(16-17)11-12-6-5-7-13(15)10-12/h5-7,10,14,16H,2-4,8-9,11H2,1H3. The number of halogens is 1. The van der Waals surface area contributed by atoms with E-state index in [1.165, 1.54) is 31.4 Å². The van der Waals surface area contributed by atoms with Gasteiger partial charge in [0.1, 0.15) is 0 Å². The molecule has 1 fully saturated rings. The first kappa shape index (κ1) is 12.9. The van der Waals surface area contributed by atoms with E-state index in [1.807, 2.05) is 12.1 Å². The molecule has 0 amide bonds. The van der Waals surface area contributed by atoms with Gasteiger partial charge in [0.15, 0.2) is 0 Å². The van der Waals surface area contributed by atoms with E-state index in [9.17, 15) is 0 Å². The zero-order valence-corrected chi connectivity index (χ0v) is 11.2. The van der Waals surface area contributed by atoms with Crippen LogP contribution in [0.4, 0.5) is 0 Å². The molecule has 1 unspecified atom stereocenters. The van der Waals surface area contributed by atoms with E-state index in [1.54, 1.807) is 0 Å². The molecule has 1 aliphatic heterocycles. The van der Waals surface area contributed by atoms with E-state index >= 15 is 0 Å². The monoisotopic (exact) mass is 252 g/mol. The largest absolute Gasteiger partial charge is 0.252 e. The van der Waals surface area contributed by atoms with Gasteiger partial charge in [-0.25, -0.2) is 5.01 Å². The lowest BCUT2D eigenvalue weighted by Gasteiger charge is -2.24. The quantitative estimate of drug-likeness (QED) is 0.888. The molecular formula is C14H21ClN2. The lowest BCUT2D eigenvalue weighted by molar-refractivity contribution is 0.180. The molecule has 17 heavy (non-hydrogen) atoms. The van der Waals surface area contributed by atoms with Crippen LogP contribution in [0, 0.1) is 0 Å². The molecule has 94 valence electrons. The molecule has 0 aliphatic carbocycles. The second-order valence-corrected chi connectivity index (χ2v) is 5.17. The van der Waals surface area contributed by atoms with Crippen molar-refractivity contribution in [2.45, 2.75) is 38.6 Å². The van der Waals surface area contributed by atoms with Gasteiger partial charge in [-0.3, -0.25) is 5.43 Å². The van der Waals surface area contributed by atoms with E-state index in [4.69, 9.17) is 11.6 Å². The van der Waals surface area contributed by atoms with Gasteiger partial charge in [-0.15, -0.1) is 0 Å². The van der Waals surface area contributed by atoms with E-state index in [2.05, 4.69) is 29.5 Å². The fourth-order valence-corrected chi connectivity index (χ4v) is 2.64. The third-order valence-corrected chi connectivity index (χ3v) is 3.58. The van der Waals surface area contributed by atoms with Gasteiger partial charge in [0.2, 0.25) is 0 Å². The van der Waals surface area contributed by atoms with Crippen molar-refractivity contribution in [1.29, 1.82) is 0 Å². The molecule has 1 atom stereocenters. The summed E-state index contributed by atoms with van der Waals surface area (Å²) in [6, 6.07) is 8.76. The van der Waals surface area contributed by atoms with Gasteiger partial charge in [0.25, 0.3) is 0 Å². The summed E-state index contributed by atoms with van der Waals surface area (Å²) in [5.74, 6) is 0. The van der Waals surface area contributed by atoms with Crippen LogP contribution in [-0.2, 0) is 6.42 Å². The number of hydrazine groups is 1. The number of benzene rings is 1. The van der Waals surface area contributed by atoms with E-state index in [0.717, 1.165) is 18.0 Å². The van der Waals surface area contributed by atoms with Crippen molar-refractivity contribution in [2.24, 2.45) is 0 Å². The third kappa shape index (κ3) is 3.98. The van der Waals surface area contributed by atoms with Crippen LogP contribution in [0.25, 0.3) is 0 Å². The van der Waals surface area contributed by atoms with E-state index in [0.29, 0.717) is 6.04 Å². The predicted octanol–water partition coefficient (Wildman–Crippen LogP) is 3.26. The fraction of sp³-hybridized carbons (Fsp3) is 0.571. The Morgan fingerprint density at radius 2 is 2.29 bits per heavy atom. The van der Waals surface area contributed by atoms with Gasteiger partial charge >= 0.3 is 0 Å². The van der Waals surface area contributed by atoms with Crippen molar-refractivity contribution in [3.05, 3.63) is 34.9 Å². The third-order valence-electron chi connectivity index (χ3n) is 3.35. The topological polar surface area (TPSA) is 15.3 Å². The predicted molar refractivity (Wildman–Crippen MR) is 73.2 cm³/mol. The highest BCUT2D eigenvalue weighted by Gasteiger charge is 2.16. The Balaban J connectivity index is 1.97. The van der Waals surface area contributed by atoms with E-state index < -0.39 is 0 Å². The first-order valence-corrected chi connectivity index (χ1v) is 6.91. The second-order valence-electron chi connectivity index (χ2n) is 4.74. The number of nitrogens with one attached hydrogen (secondary N) is 1. The molecule has 1 aromatic carbocycles. The zero-order valence-electron chi connectivity index (χ0n) is 10.5. The molecule has 3 heteroatoms. The number of hydrogen-bond acceptors (Lipinski definition) is 2.